The minimum Gasteiger partial charge on any atom is -0.508 e. The molecular weight excluding hydrogens is 156 g/mol. The number of phenols is 1. The van der Waals surface area contributed by atoms with Crippen LogP contribution in [0.3, 0.4) is 0 Å². The van der Waals surface area contributed by atoms with Crippen LogP contribution in [-0.4, -0.2) is 21.4 Å². The van der Waals surface area contributed by atoms with Crippen molar-refractivity contribution in [3.8, 4) is 5.75 Å². The van der Waals surface area contributed by atoms with Crippen molar-refractivity contribution < 1.29 is 15.3 Å². The Labute approximate surface area is 70.9 Å². The molecule has 0 aromatic heterocycles. The van der Waals surface area contributed by atoms with E-state index in [9.17, 15) is 5.11 Å². The Kier molecular flexibility index (Phi) is 2.68. The van der Waals surface area contributed by atoms with Gasteiger partial charge in [-0.05, 0) is 24.6 Å². The molecule has 2 atom stereocenters. The van der Waals surface area contributed by atoms with Crippen molar-refractivity contribution in [2.24, 2.45) is 0 Å². The molecule has 3 N–H and O–H groups in total. The van der Waals surface area contributed by atoms with E-state index in [0.29, 0.717) is 5.56 Å². The highest BCUT2D eigenvalue weighted by atomic mass is 16.3. The van der Waals surface area contributed by atoms with Crippen molar-refractivity contribution in [3.63, 3.8) is 0 Å². The molecule has 0 unspecified atom stereocenters. The van der Waals surface area contributed by atoms with Gasteiger partial charge >= 0.3 is 0 Å². The molecule has 0 saturated heterocycles. The third-order valence-corrected chi connectivity index (χ3v) is 1.69. The minimum absolute atomic E-state index is 0.150. The summed E-state index contributed by atoms with van der Waals surface area (Å²) < 4.78 is 0. The van der Waals surface area contributed by atoms with E-state index in [1.165, 1.54) is 19.1 Å². The first-order valence-electron chi connectivity index (χ1n) is 3.76. The largest absolute Gasteiger partial charge is 0.508 e. The molecule has 0 bridgehead atoms. The van der Waals surface area contributed by atoms with E-state index in [1.54, 1.807) is 12.1 Å². The Morgan fingerprint density at radius 1 is 1.08 bits per heavy atom. The molecule has 0 aliphatic rings. The Hall–Kier alpha value is -1.06. The maximum absolute atomic E-state index is 9.36. The van der Waals surface area contributed by atoms with Gasteiger partial charge in [0.1, 0.15) is 11.9 Å². The van der Waals surface area contributed by atoms with Crippen LogP contribution in [0.25, 0.3) is 0 Å². The average Bonchev–Trinajstić information content (AvgIpc) is 2.04. The van der Waals surface area contributed by atoms with E-state index in [4.69, 9.17) is 10.2 Å². The van der Waals surface area contributed by atoms with E-state index in [-0.39, 0.29) is 5.75 Å². The molecule has 0 spiro atoms. The lowest BCUT2D eigenvalue weighted by atomic mass is 10.1. The van der Waals surface area contributed by atoms with Crippen molar-refractivity contribution in [1.82, 2.24) is 0 Å². The first kappa shape index (κ1) is 9.03. The maximum atomic E-state index is 9.36. The molecule has 66 valence electrons. The summed E-state index contributed by atoms with van der Waals surface area (Å²) in [7, 11) is 0. The van der Waals surface area contributed by atoms with Crippen LogP contribution >= 0.6 is 0 Å². The van der Waals surface area contributed by atoms with Crippen molar-refractivity contribution in [3.05, 3.63) is 29.8 Å². The second kappa shape index (κ2) is 3.56. The van der Waals surface area contributed by atoms with Crippen molar-refractivity contribution >= 4 is 0 Å². The van der Waals surface area contributed by atoms with Crippen LogP contribution in [-0.2, 0) is 0 Å². The van der Waals surface area contributed by atoms with Crippen molar-refractivity contribution in [1.29, 1.82) is 0 Å². The normalized spacial score (nSPS) is 15.6. The fraction of sp³-hybridized carbons (Fsp3) is 0.333. The van der Waals surface area contributed by atoms with E-state index >= 15 is 0 Å². The smallest absolute Gasteiger partial charge is 0.115 e. The van der Waals surface area contributed by atoms with Crippen molar-refractivity contribution in [2.75, 3.05) is 0 Å². The maximum Gasteiger partial charge on any atom is 0.115 e. The first-order valence-corrected chi connectivity index (χ1v) is 3.76. The van der Waals surface area contributed by atoms with Crippen LogP contribution in [0, 0.1) is 0 Å². The van der Waals surface area contributed by atoms with Gasteiger partial charge in [0.15, 0.2) is 0 Å². The SMILES string of the molecule is C[C@H](O)[C@@H](O)c1ccc(O)cc1. The molecule has 1 rings (SSSR count). The molecule has 3 nitrogen and oxygen atoms in total. The number of hydrogen-bond donors (Lipinski definition) is 3. The quantitative estimate of drug-likeness (QED) is 0.612. The van der Waals surface area contributed by atoms with E-state index in [0.717, 1.165) is 0 Å². The van der Waals surface area contributed by atoms with E-state index in [2.05, 4.69) is 0 Å². The molecule has 12 heavy (non-hydrogen) atoms. The van der Waals surface area contributed by atoms with Gasteiger partial charge in [0.2, 0.25) is 0 Å². The molecule has 3 heteroatoms. The molecule has 1 aromatic rings. The molecule has 0 heterocycles. The number of aliphatic hydroxyl groups excluding tert-OH is 2. The summed E-state index contributed by atoms with van der Waals surface area (Å²) in [6.07, 6.45) is -1.68. The molecular formula is C9H12O3. The Balaban J connectivity index is 2.82. The number of hydrogen-bond acceptors (Lipinski definition) is 3. The third kappa shape index (κ3) is 1.96. The van der Waals surface area contributed by atoms with Gasteiger partial charge in [0.05, 0.1) is 6.10 Å². The van der Waals surface area contributed by atoms with Gasteiger partial charge in [-0.25, -0.2) is 0 Å². The fourth-order valence-electron chi connectivity index (χ4n) is 0.950. The van der Waals surface area contributed by atoms with Gasteiger partial charge in [0, 0.05) is 0 Å². The summed E-state index contributed by atoms with van der Waals surface area (Å²) in [4.78, 5) is 0. The number of benzene rings is 1. The molecule has 0 fully saturated rings. The molecule has 0 saturated carbocycles. The summed E-state index contributed by atoms with van der Waals surface area (Å²) >= 11 is 0. The Morgan fingerprint density at radius 3 is 2.00 bits per heavy atom. The predicted octanol–water partition coefficient (Wildman–Crippen LogP) is 0.806. The van der Waals surface area contributed by atoms with Gasteiger partial charge in [-0.2, -0.15) is 0 Å². The lowest BCUT2D eigenvalue weighted by Gasteiger charge is -2.13. The minimum atomic E-state index is -0.884. The number of phenolic OH excluding ortho intramolecular Hbond substituents is 1. The summed E-state index contributed by atoms with van der Waals surface area (Å²) in [6, 6.07) is 6.10. The highest BCUT2D eigenvalue weighted by molar-refractivity contribution is 5.27. The average molecular weight is 168 g/mol. The third-order valence-electron chi connectivity index (χ3n) is 1.69. The Bertz CT molecular complexity index is 240. The second-order valence-electron chi connectivity index (χ2n) is 2.78. The van der Waals surface area contributed by atoms with E-state index in [1.807, 2.05) is 0 Å². The highest BCUT2D eigenvalue weighted by Crippen LogP contribution is 2.18. The van der Waals surface area contributed by atoms with Crippen LogP contribution in [0.15, 0.2) is 24.3 Å². The van der Waals surface area contributed by atoms with Crippen LogP contribution < -0.4 is 0 Å². The highest BCUT2D eigenvalue weighted by Gasteiger charge is 2.12. The second-order valence-corrected chi connectivity index (χ2v) is 2.78. The first-order chi connectivity index (χ1) is 5.61. The topological polar surface area (TPSA) is 60.7 Å². The lowest BCUT2D eigenvalue weighted by Crippen LogP contribution is -2.13. The van der Waals surface area contributed by atoms with Gasteiger partial charge < -0.3 is 15.3 Å². The summed E-state index contributed by atoms with van der Waals surface area (Å²) in [6.45, 7) is 1.51. The summed E-state index contributed by atoms with van der Waals surface area (Å²) in [5.74, 6) is 0.150. The monoisotopic (exact) mass is 168 g/mol. The lowest BCUT2D eigenvalue weighted by molar-refractivity contribution is 0.0305. The number of aromatic hydroxyl groups is 1. The van der Waals surface area contributed by atoms with Gasteiger partial charge in [-0.15, -0.1) is 0 Å². The molecule has 1 aromatic carbocycles. The van der Waals surface area contributed by atoms with Gasteiger partial charge in [-0.3, -0.25) is 0 Å². The fourth-order valence-corrected chi connectivity index (χ4v) is 0.950. The van der Waals surface area contributed by atoms with Gasteiger partial charge in [-0.1, -0.05) is 12.1 Å². The zero-order chi connectivity index (χ0) is 9.14. The van der Waals surface area contributed by atoms with Crippen LogP contribution in [0.5, 0.6) is 5.75 Å². The molecule has 0 aliphatic carbocycles. The zero-order valence-corrected chi connectivity index (χ0v) is 6.81. The standard InChI is InChI=1S/C9H12O3/c1-6(10)9(12)7-2-4-8(11)5-3-7/h2-6,9-12H,1H3/t6-,9+/m0/s1. The molecule has 0 aliphatic heterocycles. The number of rotatable bonds is 2. The van der Waals surface area contributed by atoms with Crippen LogP contribution in [0.4, 0.5) is 0 Å². The molecule has 0 radical (unpaired) electrons. The number of aliphatic hydroxyl groups is 2. The van der Waals surface area contributed by atoms with Crippen LogP contribution in [0.1, 0.15) is 18.6 Å². The van der Waals surface area contributed by atoms with Crippen LogP contribution in [0.2, 0.25) is 0 Å². The summed E-state index contributed by atoms with van der Waals surface area (Å²) in [5, 5.41) is 27.3. The predicted molar refractivity (Wildman–Crippen MR) is 44.7 cm³/mol. The summed E-state index contributed by atoms with van der Waals surface area (Å²) in [5.41, 5.74) is 0.600. The van der Waals surface area contributed by atoms with Crippen molar-refractivity contribution in [2.45, 2.75) is 19.1 Å². The zero-order valence-electron chi connectivity index (χ0n) is 6.81. The van der Waals surface area contributed by atoms with E-state index < -0.39 is 12.2 Å². The molecule has 0 amide bonds. The Morgan fingerprint density at radius 2 is 1.58 bits per heavy atom. The van der Waals surface area contributed by atoms with Gasteiger partial charge in [0.25, 0.3) is 0 Å².